The molecule has 0 saturated heterocycles. The number of fused-ring (bicyclic) bond motifs is 1. The van der Waals surface area contributed by atoms with Gasteiger partial charge in [0.2, 0.25) is 0 Å². The Morgan fingerprint density at radius 2 is 1.93 bits per heavy atom. The first kappa shape index (κ1) is 20.4. The van der Waals surface area contributed by atoms with Crippen molar-refractivity contribution in [1.82, 2.24) is 20.1 Å². The maximum Gasteiger partial charge on any atom is 0.255 e. The average molecular weight is 406 g/mol. The number of aromatic nitrogens is 3. The van der Waals surface area contributed by atoms with Gasteiger partial charge >= 0.3 is 0 Å². The van der Waals surface area contributed by atoms with Crippen molar-refractivity contribution in [3.63, 3.8) is 0 Å². The number of pyridine rings is 1. The number of hydrogen-bond acceptors (Lipinski definition) is 4. The molecule has 158 valence electrons. The smallest absolute Gasteiger partial charge is 0.255 e. The van der Waals surface area contributed by atoms with Gasteiger partial charge in [-0.1, -0.05) is 49.6 Å². The minimum atomic E-state index is -0.115. The van der Waals surface area contributed by atoms with Gasteiger partial charge in [-0.3, -0.25) is 4.79 Å². The second-order valence-electron chi connectivity index (χ2n) is 8.24. The molecule has 0 unspecified atom stereocenters. The molecule has 0 radical (unpaired) electrons. The molecule has 1 aromatic carbocycles. The Labute approximate surface area is 178 Å². The van der Waals surface area contributed by atoms with Crippen molar-refractivity contribution in [1.29, 1.82) is 0 Å². The zero-order chi connectivity index (χ0) is 20.9. The third kappa shape index (κ3) is 4.32. The number of nitrogens with one attached hydrogen (secondary N) is 2. The highest BCUT2D eigenvalue weighted by Gasteiger charge is 2.24. The van der Waals surface area contributed by atoms with Crippen LogP contribution in [0.15, 0.2) is 42.7 Å². The van der Waals surface area contributed by atoms with Gasteiger partial charge in [-0.2, -0.15) is 5.10 Å². The maximum absolute atomic E-state index is 13.1. The Balaban J connectivity index is 1.62. The Morgan fingerprint density at radius 1 is 1.17 bits per heavy atom. The fraction of sp³-hybridized carbons (Fsp3) is 0.458. The lowest BCUT2D eigenvalue weighted by molar-refractivity contribution is 0.0951. The van der Waals surface area contributed by atoms with Gasteiger partial charge in [0.05, 0.1) is 22.8 Å². The largest absolute Gasteiger partial charge is 0.381 e. The molecular formula is C24H31N5O. The van der Waals surface area contributed by atoms with Gasteiger partial charge in [0.1, 0.15) is 0 Å². The quantitative estimate of drug-likeness (QED) is 0.594. The average Bonchev–Trinajstić information content (AvgIpc) is 3.22. The molecule has 1 amide bonds. The minimum absolute atomic E-state index is 0.115. The molecule has 2 heterocycles. The minimum Gasteiger partial charge on any atom is -0.381 e. The van der Waals surface area contributed by atoms with E-state index in [9.17, 15) is 4.79 Å². The van der Waals surface area contributed by atoms with Crippen LogP contribution in [-0.4, -0.2) is 26.7 Å². The summed E-state index contributed by atoms with van der Waals surface area (Å²) in [4.78, 5) is 17.7. The summed E-state index contributed by atoms with van der Waals surface area (Å²) < 4.78 is 1.87. The van der Waals surface area contributed by atoms with Crippen LogP contribution >= 0.6 is 0 Å². The number of hydrogen-bond donors (Lipinski definition) is 2. The molecule has 0 aliphatic heterocycles. The van der Waals surface area contributed by atoms with Crippen LogP contribution < -0.4 is 10.6 Å². The second-order valence-corrected chi connectivity index (χ2v) is 8.24. The monoisotopic (exact) mass is 405 g/mol. The summed E-state index contributed by atoms with van der Waals surface area (Å²) in [7, 11) is 0. The predicted octanol–water partition coefficient (Wildman–Crippen LogP) is 4.76. The highest BCUT2D eigenvalue weighted by molar-refractivity contribution is 6.06. The number of carbonyl (C=O) groups excluding carboxylic acids is 1. The Kier molecular flexibility index (Phi) is 6.31. The van der Waals surface area contributed by atoms with Crippen molar-refractivity contribution in [3.05, 3.63) is 53.9 Å². The molecule has 3 aromatic rings. The lowest BCUT2D eigenvalue weighted by Crippen LogP contribution is -2.30. The molecule has 1 fully saturated rings. The molecule has 0 spiro atoms. The molecular weight excluding hydrogens is 374 g/mol. The molecule has 0 bridgehead atoms. The first-order chi connectivity index (χ1) is 14.7. The van der Waals surface area contributed by atoms with Gasteiger partial charge in [-0.15, -0.1) is 0 Å². The van der Waals surface area contributed by atoms with E-state index in [2.05, 4.69) is 27.6 Å². The number of nitrogens with zero attached hydrogens (tertiary/aromatic N) is 3. The van der Waals surface area contributed by atoms with Crippen molar-refractivity contribution in [2.24, 2.45) is 5.92 Å². The number of benzene rings is 1. The van der Waals surface area contributed by atoms with E-state index in [1.807, 2.05) is 48.1 Å². The number of aryl methyl sites for hydroxylation is 1. The number of rotatable bonds is 7. The standard InChI is InChI=1S/C24H31N5O/c1-3-29-23-20(16-27-29)22(28-17(2)19-12-8-5-9-13-19)21(15-25-23)24(30)26-14-18-10-6-4-7-11-18/h4,6-7,10-11,15-17,19H,3,5,8-9,12-14H2,1-2H3,(H,25,28)(H,26,30)/t17-/m1/s1. The third-order valence-electron chi connectivity index (χ3n) is 6.24. The van der Waals surface area contributed by atoms with Crippen LogP contribution in [0.3, 0.4) is 0 Å². The van der Waals surface area contributed by atoms with Crippen molar-refractivity contribution < 1.29 is 4.79 Å². The summed E-state index contributed by atoms with van der Waals surface area (Å²) in [5, 5.41) is 12.1. The molecule has 4 rings (SSSR count). The Hall–Kier alpha value is -2.89. The van der Waals surface area contributed by atoms with E-state index in [4.69, 9.17) is 0 Å². The number of carbonyl (C=O) groups is 1. The van der Waals surface area contributed by atoms with Crippen molar-refractivity contribution in [3.8, 4) is 0 Å². The summed E-state index contributed by atoms with van der Waals surface area (Å²) in [5.41, 5.74) is 3.32. The number of amides is 1. The van der Waals surface area contributed by atoms with Gasteiger partial charge in [0, 0.05) is 25.3 Å². The molecule has 1 atom stereocenters. The predicted molar refractivity (Wildman–Crippen MR) is 120 cm³/mol. The van der Waals surface area contributed by atoms with E-state index >= 15 is 0 Å². The second kappa shape index (κ2) is 9.28. The molecule has 1 aliphatic rings. The van der Waals surface area contributed by atoms with E-state index in [-0.39, 0.29) is 5.91 Å². The Bertz CT molecular complexity index is 992. The van der Waals surface area contributed by atoms with E-state index < -0.39 is 0 Å². The summed E-state index contributed by atoms with van der Waals surface area (Å²) in [6.45, 7) is 5.52. The van der Waals surface area contributed by atoms with Crippen LogP contribution in [-0.2, 0) is 13.1 Å². The van der Waals surface area contributed by atoms with E-state index in [1.165, 1.54) is 32.1 Å². The first-order valence-corrected chi connectivity index (χ1v) is 11.1. The van der Waals surface area contributed by atoms with Gasteiger partial charge in [-0.05, 0) is 38.2 Å². The fourth-order valence-corrected chi connectivity index (χ4v) is 4.44. The van der Waals surface area contributed by atoms with Crippen molar-refractivity contribution >= 4 is 22.6 Å². The van der Waals surface area contributed by atoms with E-state index in [0.717, 1.165) is 28.8 Å². The lowest BCUT2D eigenvalue weighted by Gasteiger charge is -2.29. The summed E-state index contributed by atoms with van der Waals surface area (Å²) >= 11 is 0. The molecule has 1 aliphatic carbocycles. The van der Waals surface area contributed by atoms with Gasteiger partial charge in [0.15, 0.2) is 5.65 Å². The highest BCUT2D eigenvalue weighted by Crippen LogP contribution is 2.32. The van der Waals surface area contributed by atoms with Crippen LogP contribution in [0.1, 0.15) is 61.9 Å². The molecule has 2 aromatic heterocycles. The Morgan fingerprint density at radius 3 is 2.67 bits per heavy atom. The lowest BCUT2D eigenvalue weighted by atomic mass is 9.84. The van der Waals surface area contributed by atoms with Gasteiger partial charge < -0.3 is 10.6 Å². The van der Waals surface area contributed by atoms with Crippen LogP contribution in [0.5, 0.6) is 0 Å². The van der Waals surface area contributed by atoms with Crippen molar-refractivity contribution in [2.75, 3.05) is 5.32 Å². The molecule has 6 heteroatoms. The fourth-order valence-electron chi connectivity index (χ4n) is 4.44. The van der Waals surface area contributed by atoms with Crippen LogP contribution in [0.25, 0.3) is 11.0 Å². The normalized spacial score (nSPS) is 15.8. The van der Waals surface area contributed by atoms with Crippen LogP contribution in [0.4, 0.5) is 5.69 Å². The summed E-state index contributed by atoms with van der Waals surface area (Å²) in [5.74, 6) is 0.513. The topological polar surface area (TPSA) is 71.8 Å². The first-order valence-electron chi connectivity index (χ1n) is 11.1. The zero-order valence-electron chi connectivity index (χ0n) is 17.9. The van der Waals surface area contributed by atoms with Crippen molar-refractivity contribution in [2.45, 2.75) is 65.1 Å². The third-order valence-corrected chi connectivity index (χ3v) is 6.24. The molecule has 6 nitrogen and oxygen atoms in total. The summed E-state index contributed by atoms with van der Waals surface area (Å²) in [6, 6.07) is 10.2. The van der Waals surface area contributed by atoms with Crippen LogP contribution in [0, 0.1) is 5.92 Å². The number of anilines is 1. The molecule has 2 N–H and O–H groups in total. The SMILES string of the molecule is CCn1ncc2c(N[C@H](C)C3CCCCC3)c(C(=O)NCc3ccccc3)cnc21. The van der Waals surface area contributed by atoms with Gasteiger partial charge in [0.25, 0.3) is 5.91 Å². The van der Waals surface area contributed by atoms with Crippen LogP contribution in [0.2, 0.25) is 0 Å². The summed E-state index contributed by atoms with van der Waals surface area (Å²) in [6.07, 6.45) is 9.92. The maximum atomic E-state index is 13.1. The van der Waals surface area contributed by atoms with E-state index in [0.29, 0.717) is 24.1 Å². The van der Waals surface area contributed by atoms with Gasteiger partial charge in [-0.25, -0.2) is 9.67 Å². The van der Waals surface area contributed by atoms with E-state index in [1.54, 1.807) is 6.20 Å². The molecule has 1 saturated carbocycles. The zero-order valence-corrected chi connectivity index (χ0v) is 17.9. The molecule has 30 heavy (non-hydrogen) atoms. The highest BCUT2D eigenvalue weighted by atomic mass is 16.1.